The average molecular weight is 445 g/mol. The highest BCUT2D eigenvalue weighted by Crippen LogP contribution is 2.38. The van der Waals surface area contributed by atoms with Crippen molar-refractivity contribution >= 4 is 50.7 Å². The Bertz CT molecular complexity index is 1230. The van der Waals surface area contributed by atoms with Gasteiger partial charge in [-0.05, 0) is 50.3 Å². The van der Waals surface area contributed by atoms with Gasteiger partial charge in [-0.2, -0.15) is 0 Å². The molecule has 0 spiro atoms. The standard InChI is InChI=1S/C22H21ClN2O4S/c1-3-29-22(28)17-12-7-4-5-10-16(12)30-21(17)24-20(27)14-11-25(2)18-13(19(14)26)8-6-9-15(18)23/h6,8-9,11H,3-5,7,10H2,1-2H3,(H,24,27). The zero-order valence-electron chi connectivity index (χ0n) is 16.7. The zero-order chi connectivity index (χ0) is 21.4. The van der Waals surface area contributed by atoms with Gasteiger partial charge in [0, 0.05) is 23.5 Å². The van der Waals surface area contributed by atoms with Gasteiger partial charge in [0.05, 0.1) is 22.7 Å². The number of esters is 1. The van der Waals surface area contributed by atoms with Gasteiger partial charge in [-0.3, -0.25) is 9.59 Å². The number of rotatable bonds is 4. The number of carbonyl (C=O) groups is 2. The van der Waals surface area contributed by atoms with Crippen molar-refractivity contribution in [3.05, 3.63) is 61.2 Å². The number of benzene rings is 1. The molecule has 3 aromatic rings. The molecule has 2 heterocycles. The van der Waals surface area contributed by atoms with Gasteiger partial charge < -0.3 is 14.6 Å². The molecule has 1 aliphatic carbocycles. The SMILES string of the molecule is CCOC(=O)c1c(NC(=O)c2cn(C)c3c(Cl)cccc3c2=O)sc2c1CCCC2. The molecule has 30 heavy (non-hydrogen) atoms. The van der Waals surface area contributed by atoms with Crippen LogP contribution in [0.15, 0.2) is 29.2 Å². The van der Waals surface area contributed by atoms with E-state index in [0.29, 0.717) is 26.5 Å². The van der Waals surface area contributed by atoms with Gasteiger partial charge in [-0.1, -0.05) is 17.7 Å². The lowest BCUT2D eigenvalue weighted by Gasteiger charge is -2.13. The number of hydrogen-bond acceptors (Lipinski definition) is 5. The van der Waals surface area contributed by atoms with Crippen LogP contribution >= 0.6 is 22.9 Å². The molecule has 0 unspecified atom stereocenters. The molecule has 1 amide bonds. The lowest BCUT2D eigenvalue weighted by atomic mass is 9.95. The minimum atomic E-state index is -0.554. The summed E-state index contributed by atoms with van der Waals surface area (Å²) < 4.78 is 6.90. The second-order valence-corrected chi connectivity index (χ2v) is 8.72. The zero-order valence-corrected chi connectivity index (χ0v) is 18.3. The number of para-hydroxylation sites is 1. The summed E-state index contributed by atoms with van der Waals surface area (Å²) in [5, 5.41) is 4.05. The van der Waals surface area contributed by atoms with Crippen molar-refractivity contribution in [3.8, 4) is 0 Å². The predicted molar refractivity (Wildman–Crippen MR) is 119 cm³/mol. The minimum absolute atomic E-state index is 0.00607. The molecule has 0 saturated carbocycles. The van der Waals surface area contributed by atoms with E-state index < -0.39 is 17.3 Å². The van der Waals surface area contributed by atoms with Crippen molar-refractivity contribution in [1.82, 2.24) is 4.57 Å². The number of aromatic nitrogens is 1. The van der Waals surface area contributed by atoms with Crippen LogP contribution in [0.5, 0.6) is 0 Å². The number of nitrogens with one attached hydrogen (secondary N) is 1. The second-order valence-electron chi connectivity index (χ2n) is 7.21. The van der Waals surface area contributed by atoms with E-state index in [1.54, 1.807) is 36.7 Å². The van der Waals surface area contributed by atoms with Crippen LogP contribution < -0.4 is 10.7 Å². The minimum Gasteiger partial charge on any atom is -0.462 e. The third-order valence-electron chi connectivity index (χ3n) is 5.27. The first-order valence-corrected chi connectivity index (χ1v) is 11.0. The first kappa shape index (κ1) is 20.6. The first-order chi connectivity index (χ1) is 14.4. The smallest absolute Gasteiger partial charge is 0.341 e. The molecule has 0 radical (unpaired) electrons. The number of thiophene rings is 1. The number of fused-ring (bicyclic) bond motifs is 2. The van der Waals surface area contributed by atoms with Gasteiger partial charge in [0.2, 0.25) is 5.43 Å². The van der Waals surface area contributed by atoms with Crippen LogP contribution in [0.3, 0.4) is 0 Å². The number of carbonyl (C=O) groups excluding carboxylic acids is 2. The number of hydrogen-bond donors (Lipinski definition) is 1. The van der Waals surface area contributed by atoms with E-state index in [-0.39, 0.29) is 12.2 Å². The number of halogens is 1. The lowest BCUT2D eigenvalue weighted by molar-refractivity contribution is 0.0526. The van der Waals surface area contributed by atoms with Gasteiger partial charge in [0.1, 0.15) is 10.6 Å². The Hall–Kier alpha value is -2.64. The Morgan fingerprint density at radius 3 is 2.80 bits per heavy atom. The number of nitrogens with zero attached hydrogens (tertiary/aromatic N) is 1. The van der Waals surface area contributed by atoms with Crippen molar-refractivity contribution in [2.45, 2.75) is 32.6 Å². The van der Waals surface area contributed by atoms with Crippen molar-refractivity contribution < 1.29 is 14.3 Å². The molecule has 0 bridgehead atoms. The molecule has 1 aromatic carbocycles. The molecule has 156 valence electrons. The molecule has 0 atom stereocenters. The number of anilines is 1. The summed E-state index contributed by atoms with van der Waals surface area (Å²) >= 11 is 7.62. The maximum Gasteiger partial charge on any atom is 0.341 e. The molecule has 6 nitrogen and oxygen atoms in total. The molecule has 2 aromatic heterocycles. The molecular formula is C22H21ClN2O4S. The average Bonchev–Trinajstić information content (AvgIpc) is 3.08. The second kappa shape index (κ2) is 8.24. The van der Waals surface area contributed by atoms with E-state index in [1.165, 1.54) is 17.5 Å². The number of ether oxygens (including phenoxy) is 1. The fourth-order valence-corrected chi connectivity index (χ4v) is 5.50. The van der Waals surface area contributed by atoms with E-state index >= 15 is 0 Å². The summed E-state index contributed by atoms with van der Waals surface area (Å²) in [6.07, 6.45) is 5.18. The highest BCUT2D eigenvalue weighted by molar-refractivity contribution is 7.17. The van der Waals surface area contributed by atoms with E-state index in [0.717, 1.165) is 36.1 Å². The summed E-state index contributed by atoms with van der Waals surface area (Å²) in [5.74, 6) is -0.994. The predicted octanol–water partition coefficient (Wildman–Crippen LogP) is 4.56. The van der Waals surface area contributed by atoms with Crippen LogP contribution in [0.4, 0.5) is 5.00 Å². The quantitative estimate of drug-likeness (QED) is 0.598. The fourth-order valence-electron chi connectivity index (χ4n) is 3.92. The summed E-state index contributed by atoms with van der Waals surface area (Å²) in [5.41, 5.74) is 1.54. The summed E-state index contributed by atoms with van der Waals surface area (Å²) in [6.45, 7) is 2.00. The van der Waals surface area contributed by atoms with E-state index in [1.807, 2.05) is 0 Å². The molecular weight excluding hydrogens is 424 g/mol. The molecule has 4 rings (SSSR count). The van der Waals surface area contributed by atoms with Crippen LogP contribution in [-0.4, -0.2) is 23.1 Å². The van der Waals surface area contributed by atoms with Gasteiger partial charge in [0.25, 0.3) is 5.91 Å². The van der Waals surface area contributed by atoms with Crippen molar-refractivity contribution in [3.63, 3.8) is 0 Å². The van der Waals surface area contributed by atoms with Crippen LogP contribution in [-0.2, 0) is 24.6 Å². The Balaban J connectivity index is 1.77. The Morgan fingerprint density at radius 1 is 1.27 bits per heavy atom. The highest BCUT2D eigenvalue weighted by Gasteiger charge is 2.28. The molecule has 0 fully saturated rings. The van der Waals surface area contributed by atoms with Crippen molar-refractivity contribution in [2.24, 2.45) is 7.05 Å². The van der Waals surface area contributed by atoms with Crippen LogP contribution in [0.1, 0.15) is 50.9 Å². The Labute approximate surface area is 182 Å². The maximum atomic E-state index is 13.1. The highest BCUT2D eigenvalue weighted by atomic mass is 35.5. The number of pyridine rings is 1. The van der Waals surface area contributed by atoms with Crippen LogP contribution in [0, 0.1) is 0 Å². The number of amides is 1. The topological polar surface area (TPSA) is 77.4 Å². The van der Waals surface area contributed by atoms with E-state index in [2.05, 4.69) is 5.32 Å². The Kier molecular flexibility index (Phi) is 5.66. The summed E-state index contributed by atoms with van der Waals surface area (Å²) in [7, 11) is 1.73. The molecule has 1 N–H and O–H groups in total. The summed E-state index contributed by atoms with van der Waals surface area (Å²) in [4.78, 5) is 39.7. The Morgan fingerprint density at radius 2 is 2.03 bits per heavy atom. The molecule has 8 heteroatoms. The monoisotopic (exact) mass is 444 g/mol. The first-order valence-electron chi connectivity index (χ1n) is 9.83. The third-order valence-corrected chi connectivity index (χ3v) is 6.79. The molecule has 0 aliphatic heterocycles. The molecule has 0 saturated heterocycles. The van der Waals surface area contributed by atoms with Crippen molar-refractivity contribution in [1.29, 1.82) is 0 Å². The van der Waals surface area contributed by atoms with E-state index in [4.69, 9.17) is 16.3 Å². The maximum absolute atomic E-state index is 13.1. The molecule has 1 aliphatic rings. The fraction of sp³-hybridized carbons (Fsp3) is 0.318. The third kappa shape index (κ3) is 3.52. The van der Waals surface area contributed by atoms with Crippen molar-refractivity contribution in [2.75, 3.05) is 11.9 Å². The lowest BCUT2D eigenvalue weighted by Crippen LogP contribution is -2.24. The van der Waals surface area contributed by atoms with Crippen LogP contribution in [0.25, 0.3) is 10.9 Å². The van der Waals surface area contributed by atoms with Crippen LogP contribution in [0.2, 0.25) is 5.02 Å². The normalized spacial score (nSPS) is 13.2. The largest absolute Gasteiger partial charge is 0.462 e. The van der Waals surface area contributed by atoms with E-state index in [9.17, 15) is 14.4 Å². The van der Waals surface area contributed by atoms with Gasteiger partial charge >= 0.3 is 5.97 Å². The van der Waals surface area contributed by atoms with Gasteiger partial charge in [-0.15, -0.1) is 11.3 Å². The van der Waals surface area contributed by atoms with Gasteiger partial charge in [0.15, 0.2) is 0 Å². The summed E-state index contributed by atoms with van der Waals surface area (Å²) in [6, 6.07) is 5.03. The number of aryl methyl sites for hydroxylation is 2. The van der Waals surface area contributed by atoms with Gasteiger partial charge in [-0.25, -0.2) is 4.79 Å².